The van der Waals surface area contributed by atoms with E-state index in [1.54, 1.807) is 19.1 Å². The van der Waals surface area contributed by atoms with Crippen LogP contribution in [-0.2, 0) is 4.74 Å². The van der Waals surface area contributed by atoms with E-state index in [-0.39, 0.29) is 11.9 Å². The second-order valence-corrected chi connectivity index (χ2v) is 4.19. The molecule has 0 bridgehead atoms. The zero-order chi connectivity index (χ0) is 12.3. The second kappa shape index (κ2) is 5.26. The van der Waals surface area contributed by atoms with E-state index in [2.05, 4.69) is 11.0 Å². The molecule has 0 amide bonds. The van der Waals surface area contributed by atoms with Gasteiger partial charge in [-0.3, -0.25) is 4.90 Å². The minimum Gasteiger partial charge on any atom is -0.379 e. The Kier molecular flexibility index (Phi) is 3.72. The number of halogens is 1. The van der Waals surface area contributed by atoms with Crippen LogP contribution in [0.4, 0.5) is 4.39 Å². The van der Waals surface area contributed by atoms with Crippen molar-refractivity contribution in [3.05, 3.63) is 35.1 Å². The summed E-state index contributed by atoms with van der Waals surface area (Å²) in [6.45, 7) is 4.51. The zero-order valence-electron chi connectivity index (χ0n) is 9.82. The summed E-state index contributed by atoms with van der Waals surface area (Å²) in [5.41, 5.74) is 1.43. The molecule has 3 nitrogen and oxygen atoms in total. The van der Waals surface area contributed by atoms with Crippen molar-refractivity contribution in [2.24, 2.45) is 0 Å². The summed E-state index contributed by atoms with van der Waals surface area (Å²) in [6.07, 6.45) is 0. The lowest BCUT2D eigenvalue weighted by molar-refractivity contribution is 0.0266. The summed E-state index contributed by atoms with van der Waals surface area (Å²) in [4.78, 5) is 2.07. The molecule has 4 heteroatoms. The van der Waals surface area contributed by atoms with Crippen LogP contribution in [0.1, 0.15) is 17.2 Å². The molecule has 1 aromatic rings. The quantitative estimate of drug-likeness (QED) is 0.785. The molecule has 1 aliphatic heterocycles. The molecule has 90 valence electrons. The molecule has 0 saturated carbocycles. The maximum absolute atomic E-state index is 13.2. The van der Waals surface area contributed by atoms with Gasteiger partial charge in [-0.05, 0) is 24.1 Å². The van der Waals surface area contributed by atoms with E-state index >= 15 is 0 Å². The van der Waals surface area contributed by atoms with Crippen molar-refractivity contribution in [1.29, 1.82) is 5.26 Å². The van der Waals surface area contributed by atoms with E-state index in [9.17, 15) is 9.65 Å². The van der Waals surface area contributed by atoms with Crippen LogP contribution in [0.15, 0.2) is 18.2 Å². The van der Waals surface area contributed by atoms with Gasteiger partial charge in [0.05, 0.1) is 19.3 Å². The molecule has 0 radical (unpaired) electrons. The largest absolute Gasteiger partial charge is 0.379 e. The van der Waals surface area contributed by atoms with E-state index in [1.165, 1.54) is 6.07 Å². The predicted octanol–water partition coefficient (Wildman–Crippen LogP) is 2.03. The van der Waals surface area contributed by atoms with Gasteiger partial charge in [0.1, 0.15) is 11.9 Å². The fraction of sp³-hybridized carbons (Fsp3) is 0.462. The number of rotatable bonds is 2. The third-order valence-electron chi connectivity index (χ3n) is 3.03. The number of hydrogen-bond donors (Lipinski definition) is 0. The van der Waals surface area contributed by atoms with Gasteiger partial charge < -0.3 is 4.74 Å². The normalized spacial score (nSPS) is 18.6. The van der Waals surface area contributed by atoms with Crippen molar-refractivity contribution in [2.45, 2.75) is 13.0 Å². The summed E-state index contributed by atoms with van der Waals surface area (Å²) in [7, 11) is 0. The van der Waals surface area contributed by atoms with Crippen molar-refractivity contribution in [3.63, 3.8) is 0 Å². The van der Waals surface area contributed by atoms with Gasteiger partial charge in [-0.2, -0.15) is 5.26 Å². The van der Waals surface area contributed by atoms with Crippen LogP contribution in [0.25, 0.3) is 0 Å². The van der Waals surface area contributed by atoms with Crippen molar-refractivity contribution in [2.75, 3.05) is 26.3 Å². The van der Waals surface area contributed by atoms with Crippen LogP contribution in [0, 0.1) is 24.1 Å². The summed E-state index contributed by atoms with van der Waals surface area (Å²) in [5.74, 6) is -0.229. The molecule has 1 heterocycles. The summed E-state index contributed by atoms with van der Waals surface area (Å²) in [5, 5.41) is 9.27. The maximum Gasteiger partial charge on any atom is 0.126 e. The van der Waals surface area contributed by atoms with E-state index in [4.69, 9.17) is 4.74 Å². The lowest BCUT2D eigenvalue weighted by Gasteiger charge is -2.30. The third kappa shape index (κ3) is 2.63. The molecule has 1 unspecified atom stereocenters. The van der Waals surface area contributed by atoms with Crippen LogP contribution >= 0.6 is 0 Å². The van der Waals surface area contributed by atoms with Crippen LogP contribution in [0.2, 0.25) is 0 Å². The number of nitrogens with zero attached hydrogens (tertiary/aromatic N) is 2. The molecule has 0 aliphatic carbocycles. The minimum atomic E-state index is -0.307. The van der Waals surface area contributed by atoms with Gasteiger partial charge in [0, 0.05) is 13.1 Å². The Morgan fingerprint density at radius 2 is 2.12 bits per heavy atom. The van der Waals surface area contributed by atoms with Gasteiger partial charge in [0.25, 0.3) is 0 Å². The van der Waals surface area contributed by atoms with Crippen LogP contribution < -0.4 is 0 Å². The zero-order valence-corrected chi connectivity index (χ0v) is 9.82. The summed E-state index contributed by atoms with van der Waals surface area (Å²) in [6, 6.07) is 6.84. The average Bonchev–Trinajstić information content (AvgIpc) is 2.36. The topological polar surface area (TPSA) is 36.3 Å². The Morgan fingerprint density at radius 3 is 2.71 bits per heavy atom. The first-order valence-electron chi connectivity index (χ1n) is 5.70. The highest BCUT2D eigenvalue weighted by molar-refractivity contribution is 5.29. The molecule has 0 spiro atoms. The number of ether oxygens (including phenoxy) is 1. The molecule has 1 saturated heterocycles. The van der Waals surface area contributed by atoms with Crippen molar-refractivity contribution >= 4 is 0 Å². The minimum absolute atomic E-state index is 0.229. The first-order valence-corrected chi connectivity index (χ1v) is 5.70. The van der Waals surface area contributed by atoms with Gasteiger partial charge in [0.2, 0.25) is 0 Å². The van der Waals surface area contributed by atoms with Crippen LogP contribution in [0.5, 0.6) is 0 Å². The predicted molar refractivity (Wildman–Crippen MR) is 61.9 cm³/mol. The van der Waals surface area contributed by atoms with E-state index in [1.807, 2.05) is 0 Å². The third-order valence-corrected chi connectivity index (χ3v) is 3.03. The summed E-state index contributed by atoms with van der Waals surface area (Å²) >= 11 is 0. The molecule has 2 rings (SSSR count). The molecule has 0 aromatic heterocycles. The molecular weight excluding hydrogens is 219 g/mol. The van der Waals surface area contributed by atoms with Gasteiger partial charge in [-0.1, -0.05) is 12.1 Å². The molecular formula is C13H15FN2O. The first-order chi connectivity index (χ1) is 8.22. The number of morpholine rings is 1. The highest BCUT2D eigenvalue weighted by Crippen LogP contribution is 2.22. The van der Waals surface area contributed by atoms with E-state index < -0.39 is 0 Å². The Bertz CT molecular complexity index is 436. The SMILES string of the molecule is Cc1cc(C(C#N)N2CCOCC2)ccc1F. The van der Waals surface area contributed by atoms with Crippen molar-refractivity contribution in [1.82, 2.24) is 4.90 Å². The highest BCUT2D eigenvalue weighted by atomic mass is 19.1. The number of hydrogen-bond acceptors (Lipinski definition) is 3. The monoisotopic (exact) mass is 234 g/mol. The second-order valence-electron chi connectivity index (χ2n) is 4.19. The lowest BCUT2D eigenvalue weighted by atomic mass is 10.0. The molecule has 17 heavy (non-hydrogen) atoms. The fourth-order valence-corrected chi connectivity index (χ4v) is 2.04. The average molecular weight is 234 g/mol. The molecule has 1 atom stereocenters. The van der Waals surface area contributed by atoms with Gasteiger partial charge in [-0.15, -0.1) is 0 Å². The molecule has 1 fully saturated rings. The van der Waals surface area contributed by atoms with Gasteiger partial charge in [0.15, 0.2) is 0 Å². The van der Waals surface area contributed by atoms with E-state index in [0.717, 1.165) is 18.7 Å². The van der Waals surface area contributed by atoms with Crippen molar-refractivity contribution < 1.29 is 9.13 Å². The number of benzene rings is 1. The summed E-state index contributed by atoms with van der Waals surface area (Å²) < 4.78 is 18.5. The lowest BCUT2D eigenvalue weighted by Crippen LogP contribution is -2.38. The Labute approximate surface area is 100 Å². The maximum atomic E-state index is 13.2. The Hall–Kier alpha value is -1.44. The smallest absolute Gasteiger partial charge is 0.126 e. The highest BCUT2D eigenvalue weighted by Gasteiger charge is 2.22. The Morgan fingerprint density at radius 1 is 1.41 bits per heavy atom. The number of aryl methyl sites for hydroxylation is 1. The standard InChI is InChI=1S/C13H15FN2O/c1-10-8-11(2-3-12(10)14)13(9-15)16-4-6-17-7-5-16/h2-3,8,13H,4-7H2,1H3. The first kappa shape index (κ1) is 12.0. The molecule has 1 aromatic carbocycles. The fourth-order valence-electron chi connectivity index (χ4n) is 2.04. The van der Waals surface area contributed by atoms with Gasteiger partial charge in [-0.25, -0.2) is 4.39 Å². The van der Waals surface area contributed by atoms with Crippen LogP contribution in [0.3, 0.4) is 0 Å². The Balaban J connectivity index is 2.22. The molecule has 0 N–H and O–H groups in total. The van der Waals surface area contributed by atoms with E-state index in [0.29, 0.717) is 18.8 Å². The molecule has 1 aliphatic rings. The van der Waals surface area contributed by atoms with Crippen LogP contribution in [-0.4, -0.2) is 31.2 Å². The van der Waals surface area contributed by atoms with Gasteiger partial charge >= 0.3 is 0 Å². The van der Waals surface area contributed by atoms with Crippen molar-refractivity contribution in [3.8, 4) is 6.07 Å². The number of nitriles is 1.